The van der Waals surface area contributed by atoms with Crippen molar-refractivity contribution in [2.45, 2.75) is 39.7 Å². The highest BCUT2D eigenvalue weighted by molar-refractivity contribution is 6.09. The number of nitrogens with one attached hydrogen (secondary N) is 2. The van der Waals surface area contributed by atoms with Gasteiger partial charge < -0.3 is 30.7 Å². The van der Waals surface area contributed by atoms with E-state index in [1.807, 2.05) is 50.2 Å². The summed E-state index contributed by atoms with van der Waals surface area (Å²) in [5.74, 6) is 1.22. The summed E-state index contributed by atoms with van der Waals surface area (Å²) in [6.45, 7) is 11.9. The average molecular weight is 536 g/mol. The Morgan fingerprint density at radius 2 is 2.05 bits per heavy atom. The fourth-order valence-corrected chi connectivity index (χ4v) is 4.63. The summed E-state index contributed by atoms with van der Waals surface area (Å²) in [5, 5.41) is 6.68. The molecule has 1 saturated heterocycles. The zero-order chi connectivity index (χ0) is 28.2. The van der Waals surface area contributed by atoms with Gasteiger partial charge in [-0.25, -0.2) is 0 Å². The predicted molar refractivity (Wildman–Crippen MR) is 161 cm³/mol. The summed E-state index contributed by atoms with van der Waals surface area (Å²) in [6, 6.07) is 11.6. The first-order valence-electron chi connectivity index (χ1n) is 13.9. The number of aryl methyl sites for hydroxylation is 1. The summed E-state index contributed by atoms with van der Waals surface area (Å²) >= 11 is 0. The van der Waals surface area contributed by atoms with E-state index >= 15 is 0 Å². The lowest BCUT2D eigenvalue weighted by Crippen LogP contribution is -2.41. The molecule has 2 aromatic rings. The van der Waals surface area contributed by atoms with E-state index in [4.69, 9.17) is 15.2 Å². The predicted octanol–water partition coefficient (Wildman–Crippen LogP) is 4.66. The maximum absolute atomic E-state index is 13.4. The van der Waals surface area contributed by atoms with E-state index in [9.17, 15) is 4.79 Å². The zero-order valence-corrected chi connectivity index (χ0v) is 24.1. The van der Waals surface area contributed by atoms with Crippen LogP contribution >= 0.6 is 0 Å². The van der Waals surface area contributed by atoms with Gasteiger partial charge in [0, 0.05) is 61.8 Å². The summed E-state index contributed by atoms with van der Waals surface area (Å²) in [7, 11) is 3.32. The SMILES string of the molecule is CCCCN(CCNc1ccc(C)c(C(=O)NC(C)c2cc(OC)cc(/C(C=NC)=C/N)c2)c1)CC1COC1. The van der Waals surface area contributed by atoms with E-state index in [-0.39, 0.29) is 11.9 Å². The minimum Gasteiger partial charge on any atom is -0.497 e. The third-order valence-electron chi connectivity index (χ3n) is 7.08. The van der Waals surface area contributed by atoms with Crippen LogP contribution in [0, 0.1) is 12.8 Å². The maximum atomic E-state index is 13.4. The van der Waals surface area contributed by atoms with Crippen molar-refractivity contribution < 1.29 is 14.3 Å². The van der Waals surface area contributed by atoms with Crippen LogP contribution < -0.4 is 21.1 Å². The van der Waals surface area contributed by atoms with E-state index in [2.05, 4.69) is 27.4 Å². The molecule has 1 aliphatic heterocycles. The molecule has 1 aliphatic rings. The summed E-state index contributed by atoms with van der Waals surface area (Å²) < 4.78 is 10.9. The van der Waals surface area contributed by atoms with Crippen LogP contribution in [0.4, 0.5) is 5.69 Å². The molecule has 1 amide bonds. The molecule has 0 radical (unpaired) electrons. The molecule has 1 heterocycles. The van der Waals surface area contributed by atoms with Crippen LogP contribution in [-0.4, -0.2) is 70.6 Å². The van der Waals surface area contributed by atoms with Gasteiger partial charge in [0.1, 0.15) is 5.75 Å². The molecule has 8 heteroatoms. The second kappa shape index (κ2) is 15.3. The highest BCUT2D eigenvalue weighted by Crippen LogP contribution is 2.26. The third-order valence-corrected chi connectivity index (χ3v) is 7.08. The molecule has 1 unspecified atom stereocenters. The van der Waals surface area contributed by atoms with Crippen LogP contribution in [0.15, 0.2) is 47.6 Å². The van der Waals surface area contributed by atoms with Gasteiger partial charge in [0.15, 0.2) is 0 Å². The number of hydrogen-bond donors (Lipinski definition) is 3. The Morgan fingerprint density at radius 3 is 2.69 bits per heavy atom. The molecule has 2 aromatic carbocycles. The number of nitrogens with two attached hydrogens (primary N) is 1. The van der Waals surface area contributed by atoms with Gasteiger partial charge in [-0.3, -0.25) is 9.79 Å². The standard InChI is InChI=1S/C31H45N5O3/c1-6-7-11-36(19-24-20-39-21-24)12-10-34-28-9-8-22(2)30(16-28)31(37)35-23(3)25-13-26(15-29(14-25)38-5)27(17-32)18-33-4/h8-9,13-18,23-24,34H,6-7,10-12,19-21,32H2,1-5H3,(H,35,37)/b27-17+,33-18?. The number of aliphatic imine (C=N–C) groups is 1. The monoisotopic (exact) mass is 535 g/mol. The number of hydrogen-bond acceptors (Lipinski definition) is 7. The van der Waals surface area contributed by atoms with E-state index < -0.39 is 0 Å². The Kier molecular flexibility index (Phi) is 11.8. The number of anilines is 1. The maximum Gasteiger partial charge on any atom is 0.252 e. The van der Waals surface area contributed by atoms with Crippen LogP contribution in [-0.2, 0) is 4.74 Å². The molecule has 212 valence electrons. The number of benzene rings is 2. The fraction of sp³-hybridized carbons (Fsp3) is 0.484. The number of methoxy groups -OCH3 is 1. The molecule has 3 rings (SSSR count). The Hall–Kier alpha value is -3.36. The average Bonchev–Trinajstić information content (AvgIpc) is 2.92. The highest BCUT2D eigenvalue weighted by Gasteiger charge is 2.21. The first kappa shape index (κ1) is 30.2. The van der Waals surface area contributed by atoms with Crippen molar-refractivity contribution in [2.75, 3.05) is 58.9 Å². The lowest BCUT2D eigenvalue weighted by molar-refractivity contribution is -0.0461. The quantitative estimate of drug-likeness (QED) is 0.287. The number of allylic oxidation sites excluding steroid dienone is 1. The van der Waals surface area contributed by atoms with Crippen LogP contribution in [0.3, 0.4) is 0 Å². The Labute approximate surface area is 233 Å². The molecule has 0 bridgehead atoms. The number of unbranched alkanes of at least 4 members (excludes halogenated alkanes) is 1. The minimum absolute atomic E-state index is 0.118. The van der Waals surface area contributed by atoms with E-state index in [1.165, 1.54) is 19.0 Å². The van der Waals surface area contributed by atoms with Crippen molar-refractivity contribution in [2.24, 2.45) is 16.6 Å². The highest BCUT2D eigenvalue weighted by atomic mass is 16.5. The Morgan fingerprint density at radius 1 is 1.26 bits per heavy atom. The van der Waals surface area contributed by atoms with Gasteiger partial charge in [-0.2, -0.15) is 0 Å². The lowest BCUT2D eigenvalue weighted by Gasteiger charge is -2.32. The molecule has 0 aliphatic carbocycles. The van der Waals surface area contributed by atoms with Crippen LogP contribution in [0.2, 0.25) is 0 Å². The van der Waals surface area contributed by atoms with Crippen molar-refractivity contribution in [3.8, 4) is 5.75 Å². The number of amides is 1. The van der Waals surface area contributed by atoms with Crippen molar-refractivity contribution >= 4 is 23.4 Å². The molecule has 8 nitrogen and oxygen atoms in total. The van der Waals surface area contributed by atoms with Gasteiger partial charge >= 0.3 is 0 Å². The van der Waals surface area contributed by atoms with Crippen molar-refractivity contribution in [1.29, 1.82) is 0 Å². The van der Waals surface area contributed by atoms with E-state index in [0.717, 1.165) is 67.3 Å². The third kappa shape index (κ3) is 8.83. The first-order chi connectivity index (χ1) is 18.9. The number of carbonyl (C=O) groups excluding carboxylic acids is 1. The zero-order valence-electron chi connectivity index (χ0n) is 24.1. The smallest absolute Gasteiger partial charge is 0.252 e. The van der Waals surface area contributed by atoms with Gasteiger partial charge in [0.2, 0.25) is 0 Å². The van der Waals surface area contributed by atoms with Gasteiger partial charge in [-0.05, 0) is 73.8 Å². The molecular formula is C31H45N5O3. The molecule has 1 fully saturated rings. The first-order valence-corrected chi connectivity index (χ1v) is 13.9. The summed E-state index contributed by atoms with van der Waals surface area (Å²) in [4.78, 5) is 20.0. The van der Waals surface area contributed by atoms with E-state index in [1.54, 1.807) is 20.4 Å². The number of nitrogens with zero attached hydrogens (tertiary/aromatic N) is 2. The van der Waals surface area contributed by atoms with Crippen molar-refractivity contribution in [3.05, 3.63) is 64.9 Å². The van der Waals surface area contributed by atoms with Gasteiger partial charge in [-0.15, -0.1) is 0 Å². The molecule has 0 aromatic heterocycles. The van der Waals surface area contributed by atoms with E-state index in [0.29, 0.717) is 17.2 Å². The number of carbonyl (C=O) groups is 1. The second-order valence-corrected chi connectivity index (χ2v) is 10.2. The van der Waals surface area contributed by atoms with Crippen LogP contribution in [0.1, 0.15) is 59.8 Å². The normalized spacial score (nSPS) is 14.9. The number of ether oxygens (including phenoxy) is 2. The summed E-state index contributed by atoms with van der Waals surface area (Å²) in [6.07, 6.45) is 5.61. The second-order valence-electron chi connectivity index (χ2n) is 10.2. The van der Waals surface area contributed by atoms with Gasteiger partial charge in [0.05, 0.1) is 26.4 Å². The van der Waals surface area contributed by atoms with Gasteiger partial charge in [-0.1, -0.05) is 19.4 Å². The molecule has 0 spiro atoms. The molecule has 39 heavy (non-hydrogen) atoms. The van der Waals surface area contributed by atoms with Crippen molar-refractivity contribution in [3.63, 3.8) is 0 Å². The fourth-order valence-electron chi connectivity index (χ4n) is 4.63. The Bertz CT molecular complexity index is 1140. The van der Waals surface area contributed by atoms with Crippen molar-refractivity contribution in [1.82, 2.24) is 10.2 Å². The number of rotatable bonds is 15. The van der Waals surface area contributed by atoms with Gasteiger partial charge in [0.25, 0.3) is 5.91 Å². The van der Waals surface area contributed by atoms with Crippen LogP contribution in [0.5, 0.6) is 5.75 Å². The molecule has 0 saturated carbocycles. The lowest BCUT2D eigenvalue weighted by atomic mass is 9.99. The molecule has 4 N–H and O–H groups in total. The topological polar surface area (TPSA) is 101 Å². The molecule has 1 atom stereocenters. The summed E-state index contributed by atoms with van der Waals surface area (Å²) in [5.41, 5.74) is 10.9. The molecular weight excluding hydrogens is 490 g/mol. The largest absolute Gasteiger partial charge is 0.497 e. The van der Waals surface area contributed by atoms with Crippen LogP contribution in [0.25, 0.3) is 5.57 Å². The minimum atomic E-state index is -0.248. The Balaban J connectivity index is 1.66.